The lowest BCUT2D eigenvalue weighted by molar-refractivity contribution is -0.274. The number of hydrogen-bond donors (Lipinski definition) is 2. The fourth-order valence-corrected chi connectivity index (χ4v) is 5.72. The molecule has 2 N–H and O–H groups in total. The van der Waals surface area contributed by atoms with Crippen LogP contribution in [0.4, 0.5) is 23.7 Å². The molecule has 11 heteroatoms. The van der Waals surface area contributed by atoms with Gasteiger partial charge in [0.05, 0.1) is 10.0 Å². The first kappa shape index (κ1) is 29.8. The first-order chi connectivity index (χ1) is 18.7. The first-order valence-corrected chi connectivity index (χ1v) is 14.2. The Labute approximate surface area is 237 Å². The van der Waals surface area contributed by atoms with E-state index in [1.54, 1.807) is 6.07 Å². The van der Waals surface area contributed by atoms with Gasteiger partial charge in [-0.3, -0.25) is 0 Å². The van der Waals surface area contributed by atoms with E-state index in [1.807, 2.05) is 12.1 Å². The number of amides is 2. The van der Waals surface area contributed by atoms with Gasteiger partial charge in [0.1, 0.15) is 5.75 Å². The summed E-state index contributed by atoms with van der Waals surface area (Å²) in [5.74, 6) is -0.346. The van der Waals surface area contributed by atoms with Crippen molar-refractivity contribution in [3.63, 3.8) is 0 Å². The van der Waals surface area contributed by atoms with Gasteiger partial charge in [-0.15, -0.1) is 13.2 Å². The second-order valence-corrected chi connectivity index (χ2v) is 11.1. The molecule has 0 aliphatic carbocycles. The molecule has 1 atom stereocenters. The van der Waals surface area contributed by atoms with Crippen LogP contribution in [0.15, 0.2) is 42.5 Å². The fourth-order valence-electron chi connectivity index (χ4n) is 5.41. The standard InChI is InChI=1S/C28H35Cl2F3N4O2/c29-25-9-4-20(18-26(25)30)21(10-15-36-16-11-23(12-17-36)37-13-2-1-3-14-37)19-34-27(38)35-22-5-7-24(8-6-22)39-28(31,32)33/h4-9,18,21,23H,1-3,10-17,19H2,(H2,34,35,38). The van der Waals surface area contributed by atoms with Crippen LogP contribution in [0.5, 0.6) is 5.75 Å². The number of piperidine rings is 2. The molecule has 1 unspecified atom stereocenters. The van der Waals surface area contributed by atoms with Crippen LogP contribution in [0, 0.1) is 0 Å². The Kier molecular flexibility index (Phi) is 10.6. The van der Waals surface area contributed by atoms with E-state index < -0.39 is 12.4 Å². The third-order valence-electron chi connectivity index (χ3n) is 7.53. The minimum absolute atomic E-state index is 0.00731. The normalized spacial score (nSPS) is 18.5. The molecule has 2 aliphatic heterocycles. The summed E-state index contributed by atoms with van der Waals surface area (Å²) in [7, 11) is 0. The number of anilines is 1. The van der Waals surface area contributed by atoms with Crippen molar-refractivity contribution < 1.29 is 22.7 Å². The smallest absolute Gasteiger partial charge is 0.406 e. The second kappa shape index (κ2) is 13.9. The average Bonchev–Trinajstić information content (AvgIpc) is 2.91. The largest absolute Gasteiger partial charge is 0.573 e. The molecule has 2 amide bonds. The van der Waals surface area contributed by atoms with E-state index in [4.69, 9.17) is 23.2 Å². The molecule has 2 saturated heterocycles. The topological polar surface area (TPSA) is 56.8 Å². The lowest BCUT2D eigenvalue weighted by atomic mass is 9.94. The van der Waals surface area contributed by atoms with Crippen LogP contribution in [-0.4, -0.2) is 67.5 Å². The summed E-state index contributed by atoms with van der Waals surface area (Å²) in [5, 5.41) is 6.48. The number of rotatable bonds is 9. The average molecular weight is 588 g/mol. The van der Waals surface area contributed by atoms with E-state index in [1.165, 1.54) is 57.3 Å². The molecule has 2 fully saturated rings. The van der Waals surface area contributed by atoms with Crippen molar-refractivity contribution in [2.45, 2.75) is 56.8 Å². The lowest BCUT2D eigenvalue weighted by Gasteiger charge is -2.40. The molecule has 39 heavy (non-hydrogen) atoms. The number of halogens is 5. The third-order valence-corrected chi connectivity index (χ3v) is 8.27. The number of carbonyl (C=O) groups excluding carboxylic acids is 1. The minimum atomic E-state index is -4.77. The van der Waals surface area contributed by atoms with Crippen LogP contribution in [0.25, 0.3) is 0 Å². The number of nitrogens with zero attached hydrogens (tertiary/aromatic N) is 2. The zero-order chi connectivity index (χ0) is 27.8. The predicted octanol–water partition coefficient (Wildman–Crippen LogP) is 7.14. The summed E-state index contributed by atoms with van der Waals surface area (Å²) in [5.41, 5.74) is 1.34. The predicted molar refractivity (Wildman–Crippen MR) is 149 cm³/mol. The van der Waals surface area contributed by atoms with Crippen LogP contribution in [-0.2, 0) is 0 Å². The molecular weight excluding hydrogens is 552 g/mol. The number of benzene rings is 2. The molecule has 0 aromatic heterocycles. The Hall–Kier alpha value is -2.20. The van der Waals surface area contributed by atoms with Gasteiger partial charge in [-0.2, -0.15) is 0 Å². The third kappa shape index (κ3) is 9.45. The number of carbonyl (C=O) groups is 1. The number of hydrogen-bond acceptors (Lipinski definition) is 4. The van der Waals surface area contributed by atoms with Gasteiger partial charge in [0.25, 0.3) is 0 Å². The van der Waals surface area contributed by atoms with E-state index in [0.29, 0.717) is 28.3 Å². The van der Waals surface area contributed by atoms with Gasteiger partial charge in [0.2, 0.25) is 0 Å². The molecule has 6 nitrogen and oxygen atoms in total. The van der Waals surface area contributed by atoms with Gasteiger partial charge in [-0.1, -0.05) is 35.7 Å². The van der Waals surface area contributed by atoms with Crippen molar-refractivity contribution in [3.8, 4) is 5.75 Å². The second-order valence-electron chi connectivity index (χ2n) is 10.2. The van der Waals surface area contributed by atoms with Crippen molar-refractivity contribution in [2.75, 3.05) is 44.6 Å². The molecule has 2 heterocycles. The molecule has 2 aromatic carbocycles. The van der Waals surface area contributed by atoms with E-state index in [0.717, 1.165) is 43.8 Å². The van der Waals surface area contributed by atoms with Crippen LogP contribution in [0.2, 0.25) is 10.0 Å². The van der Waals surface area contributed by atoms with Crippen molar-refractivity contribution in [2.24, 2.45) is 0 Å². The van der Waals surface area contributed by atoms with E-state index in [-0.39, 0.29) is 11.7 Å². The molecule has 0 radical (unpaired) electrons. The fraction of sp³-hybridized carbons (Fsp3) is 0.536. The molecule has 214 valence electrons. The van der Waals surface area contributed by atoms with Gasteiger partial charge in [0, 0.05) is 24.2 Å². The van der Waals surface area contributed by atoms with Crippen LogP contribution < -0.4 is 15.4 Å². The van der Waals surface area contributed by atoms with Crippen LogP contribution in [0.1, 0.15) is 50.0 Å². The molecule has 4 rings (SSSR count). The first-order valence-electron chi connectivity index (χ1n) is 13.5. The summed E-state index contributed by atoms with van der Waals surface area (Å²) in [6.45, 7) is 5.85. The number of ether oxygens (including phenoxy) is 1. The van der Waals surface area contributed by atoms with Gasteiger partial charge in [0.15, 0.2) is 0 Å². The number of nitrogens with one attached hydrogen (secondary N) is 2. The van der Waals surface area contributed by atoms with E-state index in [9.17, 15) is 18.0 Å². The quantitative estimate of drug-likeness (QED) is 0.328. The zero-order valence-electron chi connectivity index (χ0n) is 21.8. The van der Waals surface area contributed by atoms with Gasteiger partial charge < -0.3 is 25.2 Å². The van der Waals surface area contributed by atoms with Gasteiger partial charge in [-0.25, -0.2) is 4.79 Å². The van der Waals surface area contributed by atoms with Crippen molar-refractivity contribution >= 4 is 34.9 Å². The summed E-state index contributed by atoms with van der Waals surface area (Å²) in [6, 6.07) is 10.8. The van der Waals surface area contributed by atoms with E-state index >= 15 is 0 Å². The van der Waals surface area contributed by atoms with Crippen molar-refractivity contribution in [3.05, 3.63) is 58.1 Å². The summed E-state index contributed by atoms with van der Waals surface area (Å²) < 4.78 is 41.0. The Bertz CT molecular complexity index is 1070. The molecule has 2 aliphatic rings. The number of likely N-dealkylation sites (tertiary alicyclic amines) is 2. The Balaban J connectivity index is 1.30. The SMILES string of the molecule is O=C(NCC(CCN1CCC(N2CCCCC2)CC1)c1ccc(Cl)c(Cl)c1)Nc1ccc(OC(F)(F)F)cc1. The highest BCUT2D eigenvalue weighted by Crippen LogP contribution is 2.29. The molecule has 2 aromatic rings. The summed E-state index contributed by atoms with van der Waals surface area (Å²) >= 11 is 12.4. The summed E-state index contributed by atoms with van der Waals surface area (Å²) in [6.07, 6.45) is 2.40. The maximum atomic E-state index is 12.6. The van der Waals surface area contributed by atoms with Gasteiger partial charge in [-0.05, 0) is 107 Å². The maximum Gasteiger partial charge on any atom is 0.573 e. The van der Waals surface area contributed by atoms with Crippen LogP contribution in [0.3, 0.4) is 0 Å². The Morgan fingerprint density at radius 3 is 2.31 bits per heavy atom. The van der Waals surface area contributed by atoms with E-state index in [2.05, 4.69) is 25.2 Å². The maximum absolute atomic E-state index is 12.6. The highest BCUT2D eigenvalue weighted by molar-refractivity contribution is 6.42. The number of alkyl halides is 3. The zero-order valence-corrected chi connectivity index (χ0v) is 23.3. The van der Waals surface area contributed by atoms with Crippen molar-refractivity contribution in [1.29, 1.82) is 0 Å². The molecular formula is C28H35Cl2F3N4O2. The molecule has 0 spiro atoms. The van der Waals surface area contributed by atoms with Crippen molar-refractivity contribution in [1.82, 2.24) is 15.1 Å². The van der Waals surface area contributed by atoms with Crippen LogP contribution >= 0.6 is 23.2 Å². The van der Waals surface area contributed by atoms with Gasteiger partial charge >= 0.3 is 12.4 Å². The minimum Gasteiger partial charge on any atom is -0.406 e. The molecule has 0 bridgehead atoms. The Morgan fingerprint density at radius 1 is 0.974 bits per heavy atom. The molecule has 0 saturated carbocycles. The number of urea groups is 1. The highest BCUT2D eigenvalue weighted by atomic mass is 35.5. The Morgan fingerprint density at radius 2 is 1.67 bits per heavy atom. The highest BCUT2D eigenvalue weighted by Gasteiger charge is 2.31. The summed E-state index contributed by atoms with van der Waals surface area (Å²) in [4.78, 5) is 17.7. The monoisotopic (exact) mass is 586 g/mol. The lowest BCUT2D eigenvalue weighted by Crippen LogP contribution is -2.47.